The van der Waals surface area contributed by atoms with Crippen molar-refractivity contribution in [1.29, 1.82) is 0 Å². The van der Waals surface area contributed by atoms with E-state index < -0.39 is 6.04 Å². The van der Waals surface area contributed by atoms with E-state index in [0.29, 0.717) is 12.3 Å². The molecule has 0 aromatic carbocycles. The summed E-state index contributed by atoms with van der Waals surface area (Å²) < 4.78 is 0. The summed E-state index contributed by atoms with van der Waals surface area (Å²) in [6, 6.07) is -0.562. The van der Waals surface area contributed by atoms with Crippen molar-refractivity contribution in [1.82, 2.24) is 4.90 Å². The van der Waals surface area contributed by atoms with Crippen LogP contribution in [0.15, 0.2) is 0 Å². The molecule has 0 radical (unpaired) electrons. The summed E-state index contributed by atoms with van der Waals surface area (Å²) in [5, 5.41) is -0.370. The van der Waals surface area contributed by atoms with Crippen LogP contribution in [0.3, 0.4) is 0 Å². The highest BCUT2D eigenvalue weighted by molar-refractivity contribution is 8.00. The fraction of sp³-hybridized carbons (Fsp3) is 0.769. The number of nitrogens with zero attached hydrogens (tertiary/aromatic N) is 1. The normalized spacial score (nSPS) is 21.3. The second-order valence-electron chi connectivity index (χ2n) is 5.07. The third kappa shape index (κ3) is 4.04. The van der Waals surface area contributed by atoms with Gasteiger partial charge in [0.1, 0.15) is 0 Å². The Kier molecular flexibility index (Phi) is 6.00. The standard InChI is InChI=1S/C13H22N2O3S/c1-4-5-15-11(16)6-10(13(15)18)19-7-9(14)12(17)8(2)3/h8-10H,4-7,14H2,1-3H3/t9-,10?/m1/s1. The number of thioether (sulfide) groups is 1. The fourth-order valence-electron chi connectivity index (χ4n) is 1.97. The highest BCUT2D eigenvalue weighted by Gasteiger charge is 2.38. The molecule has 19 heavy (non-hydrogen) atoms. The van der Waals surface area contributed by atoms with Gasteiger partial charge < -0.3 is 5.73 Å². The van der Waals surface area contributed by atoms with Gasteiger partial charge in [0.2, 0.25) is 11.8 Å². The van der Waals surface area contributed by atoms with Crippen LogP contribution in [0, 0.1) is 5.92 Å². The van der Waals surface area contributed by atoms with Crippen LogP contribution in [0.5, 0.6) is 0 Å². The molecule has 1 aliphatic heterocycles. The highest BCUT2D eigenvalue weighted by Crippen LogP contribution is 2.25. The number of likely N-dealkylation sites (tertiary alicyclic amines) is 1. The molecule has 1 saturated heterocycles. The van der Waals surface area contributed by atoms with Crippen molar-refractivity contribution in [3.05, 3.63) is 0 Å². The zero-order valence-corrected chi connectivity index (χ0v) is 12.5. The summed E-state index contributed by atoms with van der Waals surface area (Å²) in [4.78, 5) is 36.6. The first kappa shape index (κ1) is 16.2. The zero-order valence-electron chi connectivity index (χ0n) is 11.7. The summed E-state index contributed by atoms with van der Waals surface area (Å²) in [6.45, 7) is 6.02. The van der Waals surface area contributed by atoms with Gasteiger partial charge in [0.25, 0.3) is 0 Å². The van der Waals surface area contributed by atoms with E-state index in [2.05, 4.69) is 0 Å². The van der Waals surface area contributed by atoms with Gasteiger partial charge in [-0.2, -0.15) is 0 Å². The van der Waals surface area contributed by atoms with Crippen LogP contribution < -0.4 is 5.73 Å². The van der Waals surface area contributed by atoms with Gasteiger partial charge in [-0.15, -0.1) is 11.8 Å². The third-order valence-corrected chi connectivity index (χ3v) is 4.38. The van der Waals surface area contributed by atoms with E-state index >= 15 is 0 Å². The summed E-state index contributed by atoms with van der Waals surface area (Å²) in [5.41, 5.74) is 5.79. The van der Waals surface area contributed by atoms with Gasteiger partial charge in [0, 0.05) is 24.6 Å². The van der Waals surface area contributed by atoms with Gasteiger partial charge in [-0.3, -0.25) is 19.3 Å². The van der Waals surface area contributed by atoms with E-state index in [9.17, 15) is 14.4 Å². The number of carbonyl (C=O) groups is 3. The number of imide groups is 1. The van der Waals surface area contributed by atoms with Gasteiger partial charge >= 0.3 is 0 Å². The predicted octanol–water partition coefficient (Wildman–Crippen LogP) is 0.809. The average molecular weight is 286 g/mol. The number of Topliss-reactive ketones (excluding diaryl/α,β-unsaturated/α-hetero) is 1. The van der Waals surface area contributed by atoms with Gasteiger partial charge in [-0.25, -0.2) is 0 Å². The van der Waals surface area contributed by atoms with E-state index in [0.717, 1.165) is 6.42 Å². The first-order valence-corrected chi connectivity index (χ1v) is 7.68. The Hall–Kier alpha value is -0.880. The van der Waals surface area contributed by atoms with Crippen LogP contribution in [0.25, 0.3) is 0 Å². The average Bonchev–Trinajstić information content (AvgIpc) is 2.63. The summed E-state index contributed by atoms with van der Waals surface area (Å²) in [7, 11) is 0. The van der Waals surface area contributed by atoms with Crippen LogP contribution >= 0.6 is 11.8 Å². The zero-order chi connectivity index (χ0) is 14.6. The molecule has 0 aromatic heterocycles. The van der Waals surface area contributed by atoms with Crippen LogP contribution in [-0.4, -0.2) is 46.1 Å². The van der Waals surface area contributed by atoms with Crippen molar-refractivity contribution in [2.75, 3.05) is 12.3 Å². The maximum atomic E-state index is 12.0. The second-order valence-corrected chi connectivity index (χ2v) is 6.31. The van der Waals surface area contributed by atoms with Crippen LogP contribution in [0.4, 0.5) is 0 Å². The molecule has 1 unspecified atom stereocenters. The summed E-state index contributed by atoms with van der Waals surface area (Å²) in [5.74, 6) is 0.0256. The largest absolute Gasteiger partial charge is 0.321 e. The van der Waals surface area contributed by atoms with Gasteiger partial charge in [0.15, 0.2) is 5.78 Å². The minimum absolute atomic E-state index is 0.00492. The molecule has 1 heterocycles. The molecule has 2 amide bonds. The smallest absolute Gasteiger partial charge is 0.242 e. The Labute approximate surface area is 118 Å². The lowest BCUT2D eigenvalue weighted by Crippen LogP contribution is -2.37. The van der Waals surface area contributed by atoms with Crippen molar-refractivity contribution in [3.63, 3.8) is 0 Å². The van der Waals surface area contributed by atoms with E-state index in [1.807, 2.05) is 6.92 Å². The molecular formula is C13H22N2O3S. The minimum atomic E-state index is -0.562. The molecule has 108 valence electrons. The highest BCUT2D eigenvalue weighted by atomic mass is 32.2. The van der Waals surface area contributed by atoms with E-state index in [4.69, 9.17) is 5.73 Å². The molecule has 2 atom stereocenters. The Morgan fingerprint density at radius 1 is 1.47 bits per heavy atom. The fourth-order valence-corrected chi connectivity index (χ4v) is 3.11. The van der Waals surface area contributed by atoms with Crippen LogP contribution in [-0.2, 0) is 14.4 Å². The van der Waals surface area contributed by atoms with Crippen molar-refractivity contribution in [3.8, 4) is 0 Å². The number of hydrogen-bond acceptors (Lipinski definition) is 5. The predicted molar refractivity (Wildman–Crippen MR) is 75.7 cm³/mol. The SMILES string of the molecule is CCCN1C(=O)CC(SC[C@@H](N)C(=O)C(C)C)C1=O. The minimum Gasteiger partial charge on any atom is -0.321 e. The molecule has 0 bridgehead atoms. The van der Waals surface area contributed by atoms with Gasteiger partial charge in [0.05, 0.1) is 11.3 Å². The maximum Gasteiger partial charge on any atom is 0.242 e. The molecule has 1 fully saturated rings. The monoisotopic (exact) mass is 286 g/mol. The van der Waals surface area contributed by atoms with Crippen molar-refractivity contribution < 1.29 is 14.4 Å². The third-order valence-electron chi connectivity index (χ3n) is 3.06. The Bertz CT molecular complexity index is 371. The van der Waals surface area contributed by atoms with E-state index in [1.165, 1.54) is 16.7 Å². The molecule has 6 heteroatoms. The topological polar surface area (TPSA) is 80.5 Å². The number of carbonyl (C=O) groups excluding carboxylic acids is 3. The molecule has 1 aliphatic rings. The Morgan fingerprint density at radius 2 is 2.11 bits per heavy atom. The summed E-state index contributed by atoms with van der Waals surface area (Å²) >= 11 is 1.32. The second kappa shape index (κ2) is 7.05. The quantitative estimate of drug-likeness (QED) is 0.700. The van der Waals surface area contributed by atoms with Crippen molar-refractivity contribution >= 4 is 29.4 Å². The number of nitrogens with two attached hydrogens (primary N) is 1. The number of amides is 2. The van der Waals surface area contributed by atoms with Gasteiger partial charge in [-0.05, 0) is 6.42 Å². The molecule has 0 saturated carbocycles. The number of rotatable bonds is 7. The van der Waals surface area contributed by atoms with Crippen LogP contribution in [0.2, 0.25) is 0 Å². The maximum absolute atomic E-state index is 12.0. The number of ketones is 1. The van der Waals surface area contributed by atoms with Gasteiger partial charge in [-0.1, -0.05) is 20.8 Å². The lowest BCUT2D eigenvalue weighted by atomic mass is 10.0. The van der Waals surface area contributed by atoms with E-state index in [1.54, 1.807) is 13.8 Å². The Morgan fingerprint density at radius 3 is 2.63 bits per heavy atom. The molecule has 0 aromatic rings. The first-order valence-electron chi connectivity index (χ1n) is 6.63. The lowest BCUT2D eigenvalue weighted by molar-refractivity contribution is -0.138. The molecule has 5 nitrogen and oxygen atoms in total. The Balaban J connectivity index is 2.49. The van der Waals surface area contributed by atoms with Crippen LogP contribution in [0.1, 0.15) is 33.6 Å². The van der Waals surface area contributed by atoms with Crippen molar-refractivity contribution in [2.24, 2.45) is 11.7 Å². The molecule has 2 N–H and O–H groups in total. The van der Waals surface area contributed by atoms with Crippen molar-refractivity contribution in [2.45, 2.75) is 44.9 Å². The molecular weight excluding hydrogens is 264 g/mol. The first-order chi connectivity index (χ1) is 8.88. The molecule has 0 spiro atoms. The molecule has 1 rings (SSSR count). The lowest BCUT2D eigenvalue weighted by Gasteiger charge is -2.15. The number of hydrogen-bond donors (Lipinski definition) is 1. The van der Waals surface area contributed by atoms with E-state index in [-0.39, 0.29) is 35.2 Å². The summed E-state index contributed by atoms with van der Waals surface area (Å²) in [6.07, 6.45) is 0.992. The molecule has 0 aliphatic carbocycles.